The van der Waals surface area contributed by atoms with Crippen molar-refractivity contribution >= 4 is 5.91 Å². The Morgan fingerprint density at radius 1 is 1.23 bits per heavy atom. The van der Waals surface area contributed by atoms with Gasteiger partial charge in [0.2, 0.25) is 0 Å². The summed E-state index contributed by atoms with van der Waals surface area (Å²) in [5, 5.41) is 2.84. The third kappa shape index (κ3) is 3.55. The standard InChI is InChI=1S/C17H20N2O3/c1-12-6-4-5-7-15(12)17(21)18-8-9-19-13(2)10-14(22-3)11-16(19)20/h4-7,10-11H,8-9H2,1-3H3,(H,18,21). The number of nitrogens with zero attached hydrogens (tertiary/aromatic N) is 1. The van der Waals surface area contributed by atoms with E-state index in [0.717, 1.165) is 11.3 Å². The molecule has 1 N–H and O–H groups in total. The summed E-state index contributed by atoms with van der Waals surface area (Å²) >= 11 is 0. The van der Waals surface area contributed by atoms with Crippen LogP contribution in [0.2, 0.25) is 0 Å². The number of methoxy groups -OCH3 is 1. The van der Waals surface area contributed by atoms with Gasteiger partial charge in [0.15, 0.2) is 0 Å². The van der Waals surface area contributed by atoms with Crippen LogP contribution in [0.1, 0.15) is 21.6 Å². The van der Waals surface area contributed by atoms with Crippen LogP contribution in [0.15, 0.2) is 41.2 Å². The summed E-state index contributed by atoms with van der Waals surface area (Å²) in [4.78, 5) is 24.1. The molecule has 2 aromatic rings. The summed E-state index contributed by atoms with van der Waals surface area (Å²) in [6.07, 6.45) is 0. The first-order valence-corrected chi connectivity index (χ1v) is 7.12. The smallest absolute Gasteiger partial charge is 0.254 e. The average molecular weight is 300 g/mol. The fourth-order valence-electron chi connectivity index (χ4n) is 2.31. The number of aromatic nitrogens is 1. The normalized spacial score (nSPS) is 10.3. The van der Waals surface area contributed by atoms with E-state index >= 15 is 0 Å². The Labute approximate surface area is 129 Å². The number of aryl methyl sites for hydroxylation is 2. The molecule has 5 heteroatoms. The minimum atomic E-state index is -0.137. The van der Waals surface area contributed by atoms with Crippen molar-refractivity contribution in [3.8, 4) is 5.75 Å². The molecule has 0 saturated heterocycles. The minimum absolute atomic E-state index is 0.127. The molecule has 0 radical (unpaired) electrons. The lowest BCUT2D eigenvalue weighted by atomic mass is 10.1. The zero-order chi connectivity index (χ0) is 16.1. The number of benzene rings is 1. The molecule has 0 atom stereocenters. The summed E-state index contributed by atoms with van der Waals surface area (Å²) in [6, 6.07) is 10.6. The fraction of sp³-hybridized carbons (Fsp3) is 0.294. The molecular weight excluding hydrogens is 280 g/mol. The number of amides is 1. The molecule has 22 heavy (non-hydrogen) atoms. The van der Waals surface area contributed by atoms with Gasteiger partial charge in [0, 0.05) is 30.4 Å². The van der Waals surface area contributed by atoms with Gasteiger partial charge in [-0.3, -0.25) is 9.59 Å². The van der Waals surface area contributed by atoms with E-state index in [9.17, 15) is 9.59 Å². The topological polar surface area (TPSA) is 60.3 Å². The summed E-state index contributed by atoms with van der Waals surface area (Å²) < 4.78 is 6.67. The number of carbonyl (C=O) groups excluding carboxylic acids is 1. The van der Waals surface area contributed by atoms with Crippen molar-refractivity contribution in [1.29, 1.82) is 0 Å². The first-order valence-electron chi connectivity index (χ1n) is 7.12. The molecule has 0 aliphatic heterocycles. The van der Waals surface area contributed by atoms with Gasteiger partial charge in [-0.2, -0.15) is 0 Å². The fourth-order valence-corrected chi connectivity index (χ4v) is 2.31. The van der Waals surface area contributed by atoms with Crippen LogP contribution in [0.25, 0.3) is 0 Å². The first kappa shape index (κ1) is 15.8. The van der Waals surface area contributed by atoms with Crippen molar-refractivity contribution in [3.05, 3.63) is 63.6 Å². The first-order chi connectivity index (χ1) is 10.5. The third-order valence-electron chi connectivity index (χ3n) is 3.56. The van der Waals surface area contributed by atoms with E-state index in [1.807, 2.05) is 32.0 Å². The minimum Gasteiger partial charge on any atom is -0.496 e. The summed E-state index contributed by atoms with van der Waals surface area (Å²) in [7, 11) is 1.53. The molecule has 0 fully saturated rings. The molecule has 0 spiro atoms. The Bertz CT molecular complexity index is 735. The number of nitrogens with one attached hydrogen (secondary N) is 1. The molecule has 116 valence electrons. The van der Waals surface area contributed by atoms with Crippen LogP contribution in [0, 0.1) is 13.8 Å². The van der Waals surface area contributed by atoms with Gasteiger partial charge < -0.3 is 14.6 Å². The van der Waals surface area contributed by atoms with E-state index in [1.54, 1.807) is 16.7 Å². The van der Waals surface area contributed by atoms with E-state index in [-0.39, 0.29) is 11.5 Å². The highest BCUT2D eigenvalue weighted by atomic mass is 16.5. The number of rotatable bonds is 5. The quantitative estimate of drug-likeness (QED) is 0.917. The summed E-state index contributed by atoms with van der Waals surface area (Å²) in [6.45, 7) is 4.55. The van der Waals surface area contributed by atoms with Crippen LogP contribution in [0.3, 0.4) is 0 Å². The van der Waals surface area contributed by atoms with Crippen LogP contribution in [-0.2, 0) is 6.54 Å². The van der Waals surface area contributed by atoms with Gasteiger partial charge in [-0.25, -0.2) is 0 Å². The van der Waals surface area contributed by atoms with Gasteiger partial charge in [-0.15, -0.1) is 0 Å². The molecule has 0 unspecified atom stereocenters. The summed E-state index contributed by atoms with van der Waals surface area (Å²) in [5.41, 5.74) is 2.25. The van der Waals surface area contributed by atoms with E-state index < -0.39 is 0 Å². The maximum absolute atomic E-state index is 12.1. The van der Waals surface area contributed by atoms with Gasteiger partial charge in [0.05, 0.1) is 7.11 Å². The molecule has 5 nitrogen and oxygen atoms in total. The largest absolute Gasteiger partial charge is 0.496 e. The molecule has 1 aromatic carbocycles. The average Bonchev–Trinajstić information content (AvgIpc) is 2.50. The van der Waals surface area contributed by atoms with Crippen LogP contribution in [0.4, 0.5) is 0 Å². The van der Waals surface area contributed by atoms with Crippen molar-refractivity contribution in [2.45, 2.75) is 20.4 Å². The zero-order valence-electron chi connectivity index (χ0n) is 13.1. The Morgan fingerprint density at radius 3 is 2.59 bits per heavy atom. The Morgan fingerprint density at radius 2 is 1.95 bits per heavy atom. The molecule has 2 rings (SSSR count). The summed E-state index contributed by atoms with van der Waals surface area (Å²) in [5.74, 6) is 0.417. The number of pyridine rings is 1. The van der Waals surface area contributed by atoms with Crippen LogP contribution in [-0.4, -0.2) is 24.1 Å². The van der Waals surface area contributed by atoms with Crippen molar-refractivity contribution in [2.75, 3.05) is 13.7 Å². The van der Waals surface area contributed by atoms with E-state index in [1.165, 1.54) is 13.2 Å². The Kier molecular flexibility index (Phi) is 4.99. The lowest BCUT2D eigenvalue weighted by molar-refractivity contribution is 0.0951. The van der Waals surface area contributed by atoms with Crippen molar-refractivity contribution < 1.29 is 9.53 Å². The van der Waals surface area contributed by atoms with Crippen LogP contribution >= 0.6 is 0 Å². The highest BCUT2D eigenvalue weighted by molar-refractivity contribution is 5.95. The lowest BCUT2D eigenvalue weighted by Crippen LogP contribution is -2.31. The second-order valence-corrected chi connectivity index (χ2v) is 5.10. The SMILES string of the molecule is COc1cc(C)n(CCNC(=O)c2ccccc2C)c(=O)c1. The maximum Gasteiger partial charge on any atom is 0.254 e. The van der Waals surface area contributed by atoms with Gasteiger partial charge in [0.1, 0.15) is 5.75 Å². The van der Waals surface area contributed by atoms with Crippen molar-refractivity contribution in [1.82, 2.24) is 9.88 Å². The van der Waals surface area contributed by atoms with E-state index in [4.69, 9.17) is 4.74 Å². The molecule has 0 aliphatic carbocycles. The van der Waals surface area contributed by atoms with Gasteiger partial charge >= 0.3 is 0 Å². The number of hydrogen-bond donors (Lipinski definition) is 1. The highest BCUT2D eigenvalue weighted by Crippen LogP contribution is 2.09. The zero-order valence-corrected chi connectivity index (χ0v) is 13.1. The molecule has 1 amide bonds. The number of ether oxygens (including phenoxy) is 1. The molecule has 0 aliphatic rings. The van der Waals surface area contributed by atoms with Crippen molar-refractivity contribution in [3.63, 3.8) is 0 Å². The molecule has 1 heterocycles. The van der Waals surface area contributed by atoms with Crippen molar-refractivity contribution in [2.24, 2.45) is 0 Å². The highest BCUT2D eigenvalue weighted by Gasteiger charge is 2.08. The third-order valence-corrected chi connectivity index (χ3v) is 3.56. The number of hydrogen-bond acceptors (Lipinski definition) is 3. The van der Waals surface area contributed by atoms with Gasteiger partial charge in [0.25, 0.3) is 11.5 Å². The van der Waals surface area contributed by atoms with Gasteiger partial charge in [-0.1, -0.05) is 18.2 Å². The molecule has 0 bridgehead atoms. The Hall–Kier alpha value is -2.56. The van der Waals surface area contributed by atoms with Crippen LogP contribution < -0.4 is 15.6 Å². The molecule has 1 aromatic heterocycles. The monoisotopic (exact) mass is 300 g/mol. The van der Waals surface area contributed by atoms with E-state index in [0.29, 0.717) is 24.4 Å². The second kappa shape index (κ2) is 6.93. The predicted octanol–water partition coefficient (Wildman–Crippen LogP) is 1.90. The Balaban J connectivity index is 2.02. The number of carbonyl (C=O) groups is 1. The van der Waals surface area contributed by atoms with E-state index in [2.05, 4.69) is 5.32 Å². The van der Waals surface area contributed by atoms with Crippen LogP contribution in [0.5, 0.6) is 5.75 Å². The lowest BCUT2D eigenvalue weighted by Gasteiger charge is -2.12. The van der Waals surface area contributed by atoms with Gasteiger partial charge in [-0.05, 0) is 31.5 Å². The predicted molar refractivity (Wildman–Crippen MR) is 85.5 cm³/mol. The molecule has 0 saturated carbocycles. The second-order valence-electron chi connectivity index (χ2n) is 5.10. The molecular formula is C17H20N2O3. The maximum atomic E-state index is 12.1.